The highest BCUT2D eigenvalue weighted by molar-refractivity contribution is 5.90. The minimum Gasteiger partial charge on any atom is -0.325 e. The van der Waals surface area contributed by atoms with Gasteiger partial charge >= 0.3 is 6.03 Å². The quantitative estimate of drug-likeness (QED) is 0.842. The molecule has 0 aliphatic rings. The minimum atomic E-state index is -0.0456. The molecule has 0 aromatic heterocycles. The predicted octanol–water partition coefficient (Wildman–Crippen LogP) is 2.84. The zero-order chi connectivity index (χ0) is 13.5. The number of hydrogen-bond acceptors (Lipinski definition) is 2. The summed E-state index contributed by atoms with van der Waals surface area (Å²) in [4.78, 5) is 13.8. The van der Waals surface area contributed by atoms with Crippen molar-refractivity contribution in [2.75, 3.05) is 25.5 Å². The van der Waals surface area contributed by atoms with Gasteiger partial charge in [0.25, 0.3) is 0 Å². The van der Waals surface area contributed by atoms with Gasteiger partial charge in [-0.2, -0.15) is 0 Å². The lowest BCUT2D eigenvalue weighted by Gasteiger charge is -2.22. The molecular formula is C14H23N3O. The molecular weight excluding hydrogens is 226 g/mol. The monoisotopic (exact) mass is 249 g/mol. The Morgan fingerprint density at radius 3 is 2.44 bits per heavy atom. The molecule has 1 aromatic carbocycles. The molecule has 100 valence electrons. The van der Waals surface area contributed by atoms with Crippen LogP contribution >= 0.6 is 0 Å². The van der Waals surface area contributed by atoms with E-state index in [0.717, 1.165) is 11.3 Å². The third-order valence-corrected chi connectivity index (χ3v) is 3.15. The molecule has 1 aromatic rings. The number of rotatable bonds is 5. The highest BCUT2D eigenvalue weighted by atomic mass is 16.2. The molecule has 1 rings (SSSR count). The second-order valence-corrected chi connectivity index (χ2v) is 4.20. The fourth-order valence-electron chi connectivity index (χ4n) is 1.85. The van der Waals surface area contributed by atoms with Crippen molar-refractivity contribution in [1.29, 1.82) is 0 Å². The van der Waals surface area contributed by atoms with Crippen LogP contribution in [0, 0.1) is 0 Å². The van der Waals surface area contributed by atoms with Gasteiger partial charge in [-0.15, -0.1) is 0 Å². The van der Waals surface area contributed by atoms with E-state index in [2.05, 4.69) is 17.6 Å². The number of nitrogens with zero attached hydrogens (tertiary/aromatic N) is 1. The van der Waals surface area contributed by atoms with E-state index in [1.165, 1.54) is 0 Å². The van der Waals surface area contributed by atoms with Gasteiger partial charge in [-0.25, -0.2) is 4.79 Å². The Kier molecular flexibility index (Phi) is 5.65. The largest absolute Gasteiger partial charge is 0.325 e. The molecule has 4 heteroatoms. The molecule has 1 atom stereocenters. The van der Waals surface area contributed by atoms with Gasteiger partial charge in [0.15, 0.2) is 0 Å². The molecule has 4 nitrogen and oxygen atoms in total. The summed E-state index contributed by atoms with van der Waals surface area (Å²) in [5.74, 6) is 0. The number of carbonyl (C=O) groups is 1. The zero-order valence-electron chi connectivity index (χ0n) is 11.7. The van der Waals surface area contributed by atoms with Gasteiger partial charge in [0.05, 0.1) is 0 Å². The van der Waals surface area contributed by atoms with Crippen LogP contribution in [0.1, 0.15) is 32.4 Å². The third-order valence-electron chi connectivity index (χ3n) is 3.15. The second-order valence-electron chi connectivity index (χ2n) is 4.20. The normalized spacial score (nSPS) is 12.0. The molecule has 0 bridgehead atoms. The Morgan fingerprint density at radius 1 is 1.28 bits per heavy atom. The SMILES string of the molecule is CCN(CC)C(=O)Nc1ccccc1C(C)NC. The Hall–Kier alpha value is -1.55. The summed E-state index contributed by atoms with van der Waals surface area (Å²) in [5, 5.41) is 6.16. The number of amides is 2. The van der Waals surface area contributed by atoms with E-state index in [1.54, 1.807) is 4.90 Å². The van der Waals surface area contributed by atoms with Crippen molar-refractivity contribution >= 4 is 11.7 Å². The maximum Gasteiger partial charge on any atom is 0.321 e. The number of anilines is 1. The Bertz CT molecular complexity index is 388. The highest BCUT2D eigenvalue weighted by Gasteiger charge is 2.13. The maximum atomic E-state index is 12.0. The summed E-state index contributed by atoms with van der Waals surface area (Å²) in [5.41, 5.74) is 1.97. The van der Waals surface area contributed by atoms with Gasteiger partial charge in [0, 0.05) is 24.8 Å². The first-order chi connectivity index (χ1) is 8.63. The van der Waals surface area contributed by atoms with Crippen LogP contribution in [0.5, 0.6) is 0 Å². The highest BCUT2D eigenvalue weighted by Crippen LogP contribution is 2.22. The number of urea groups is 1. The van der Waals surface area contributed by atoms with E-state index in [-0.39, 0.29) is 12.1 Å². The van der Waals surface area contributed by atoms with E-state index < -0.39 is 0 Å². The van der Waals surface area contributed by atoms with Crippen LogP contribution in [-0.2, 0) is 0 Å². The van der Waals surface area contributed by atoms with E-state index in [4.69, 9.17) is 0 Å². The third kappa shape index (κ3) is 3.47. The number of hydrogen-bond donors (Lipinski definition) is 2. The van der Waals surface area contributed by atoms with Crippen molar-refractivity contribution in [2.45, 2.75) is 26.8 Å². The maximum absolute atomic E-state index is 12.0. The van der Waals surface area contributed by atoms with Gasteiger partial charge in [0.1, 0.15) is 0 Å². The summed E-state index contributed by atoms with van der Waals surface area (Å²) in [6, 6.07) is 8.04. The molecule has 1 unspecified atom stereocenters. The van der Waals surface area contributed by atoms with Crippen molar-refractivity contribution in [3.63, 3.8) is 0 Å². The number of para-hydroxylation sites is 1. The molecule has 18 heavy (non-hydrogen) atoms. The lowest BCUT2D eigenvalue weighted by molar-refractivity contribution is 0.217. The van der Waals surface area contributed by atoms with Crippen molar-refractivity contribution < 1.29 is 4.79 Å². The van der Waals surface area contributed by atoms with Crippen LogP contribution in [0.4, 0.5) is 10.5 Å². The summed E-state index contributed by atoms with van der Waals surface area (Å²) >= 11 is 0. The van der Waals surface area contributed by atoms with Crippen LogP contribution in [-0.4, -0.2) is 31.1 Å². The molecule has 0 saturated carbocycles. The number of nitrogens with one attached hydrogen (secondary N) is 2. The molecule has 0 fully saturated rings. The predicted molar refractivity (Wildman–Crippen MR) is 75.9 cm³/mol. The van der Waals surface area contributed by atoms with Crippen LogP contribution in [0.15, 0.2) is 24.3 Å². The van der Waals surface area contributed by atoms with Gasteiger partial charge in [0.2, 0.25) is 0 Å². The summed E-state index contributed by atoms with van der Waals surface area (Å²) in [6.07, 6.45) is 0. The fraction of sp³-hybridized carbons (Fsp3) is 0.500. The Morgan fingerprint density at radius 2 is 1.89 bits per heavy atom. The molecule has 0 aliphatic heterocycles. The second kappa shape index (κ2) is 7.01. The molecule has 0 radical (unpaired) electrons. The molecule has 2 amide bonds. The lowest BCUT2D eigenvalue weighted by atomic mass is 10.1. The van der Waals surface area contributed by atoms with Gasteiger partial charge < -0.3 is 15.5 Å². The fourth-order valence-corrected chi connectivity index (χ4v) is 1.85. The molecule has 2 N–H and O–H groups in total. The van der Waals surface area contributed by atoms with Crippen molar-refractivity contribution in [2.24, 2.45) is 0 Å². The van der Waals surface area contributed by atoms with Crippen LogP contribution in [0.3, 0.4) is 0 Å². The first kappa shape index (κ1) is 14.5. The summed E-state index contributed by atoms with van der Waals surface area (Å²) in [6.45, 7) is 7.46. The molecule has 0 aliphatic carbocycles. The van der Waals surface area contributed by atoms with E-state index >= 15 is 0 Å². The number of benzene rings is 1. The van der Waals surface area contributed by atoms with E-state index in [1.807, 2.05) is 45.2 Å². The Labute approximate surface area is 109 Å². The average Bonchev–Trinajstić information content (AvgIpc) is 2.40. The molecule has 0 spiro atoms. The average molecular weight is 249 g/mol. The van der Waals surface area contributed by atoms with Gasteiger partial charge in [-0.3, -0.25) is 0 Å². The summed E-state index contributed by atoms with van der Waals surface area (Å²) in [7, 11) is 1.91. The number of carbonyl (C=O) groups excluding carboxylic acids is 1. The smallest absolute Gasteiger partial charge is 0.321 e. The topological polar surface area (TPSA) is 44.4 Å². The first-order valence-electron chi connectivity index (χ1n) is 6.46. The van der Waals surface area contributed by atoms with Gasteiger partial charge in [-0.1, -0.05) is 18.2 Å². The van der Waals surface area contributed by atoms with Crippen molar-refractivity contribution in [1.82, 2.24) is 10.2 Å². The van der Waals surface area contributed by atoms with Crippen LogP contribution < -0.4 is 10.6 Å². The summed E-state index contributed by atoms with van der Waals surface area (Å²) < 4.78 is 0. The van der Waals surface area contributed by atoms with E-state index in [9.17, 15) is 4.79 Å². The molecule has 0 heterocycles. The molecule has 0 saturated heterocycles. The van der Waals surface area contributed by atoms with Crippen molar-refractivity contribution in [3.8, 4) is 0 Å². The standard InChI is InChI=1S/C14H23N3O/c1-5-17(6-2)14(18)16-13-10-8-7-9-12(13)11(3)15-4/h7-11,15H,5-6H2,1-4H3,(H,16,18). The van der Waals surface area contributed by atoms with Crippen LogP contribution in [0.2, 0.25) is 0 Å². The van der Waals surface area contributed by atoms with Crippen LogP contribution in [0.25, 0.3) is 0 Å². The van der Waals surface area contributed by atoms with Gasteiger partial charge in [-0.05, 0) is 39.4 Å². The zero-order valence-corrected chi connectivity index (χ0v) is 11.7. The Balaban J connectivity index is 2.87. The minimum absolute atomic E-state index is 0.0456. The van der Waals surface area contributed by atoms with Crippen molar-refractivity contribution in [3.05, 3.63) is 29.8 Å². The van der Waals surface area contributed by atoms with E-state index in [0.29, 0.717) is 13.1 Å². The lowest BCUT2D eigenvalue weighted by Crippen LogP contribution is -2.35. The first-order valence-corrected chi connectivity index (χ1v) is 6.46.